The molecule has 0 N–H and O–H groups in total. The average Bonchev–Trinajstić information content (AvgIpc) is 3.39. The van der Waals surface area contributed by atoms with Crippen molar-refractivity contribution in [2.24, 2.45) is 5.10 Å². The number of carbonyl (C=O) groups excluding carboxylic acids is 1. The van der Waals surface area contributed by atoms with E-state index in [1.807, 2.05) is 24.3 Å². The number of nitrogens with zero attached hydrogens (tertiary/aromatic N) is 3. The van der Waals surface area contributed by atoms with Gasteiger partial charge < -0.3 is 4.74 Å². The Hall–Kier alpha value is -2.66. The minimum atomic E-state index is -0.142. The van der Waals surface area contributed by atoms with Crippen LogP contribution < -0.4 is 4.74 Å². The maximum Gasteiger partial charge on any atom is 0.257 e. The monoisotopic (exact) mass is 391 g/mol. The van der Waals surface area contributed by atoms with Crippen molar-refractivity contribution in [3.05, 3.63) is 64.7 Å². The standard InChI is InChI=1S/C24H29N3O2/c1-17-10-11-18(2)20(14-17)21-15-22(19-8-4-5-9-23(19)29-3)27(25-21)24(28)16-26-12-6-7-13-26/h4-5,8-11,14,22H,6-7,12-13,15-16H2,1-3H3. The van der Waals surface area contributed by atoms with Gasteiger partial charge in [-0.25, -0.2) is 5.01 Å². The van der Waals surface area contributed by atoms with Crippen LogP contribution in [0.4, 0.5) is 0 Å². The molecule has 152 valence electrons. The van der Waals surface area contributed by atoms with Crippen LogP contribution in [0, 0.1) is 13.8 Å². The molecule has 0 bridgehead atoms. The highest BCUT2D eigenvalue weighted by Gasteiger charge is 2.35. The van der Waals surface area contributed by atoms with E-state index < -0.39 is 0 Å². The van der Waals surface area contributed by atoms with Crippen LogP contribution in [-0.2, 0) is 4.79 Å². The van der Waals surface area contributed by atoms with E-state index in [0.717, 1.165) is 35.7 Å². The molecule has 2 aliphatic rings. The summed E-state index contributed by atoms with van der Waals surface area (Å²) in [4.78, 5) is 15.5. The Morgan fingerprint density at radius 1 is 1.14 bits per heavy atom. The molecule has 5 heteroatoms. The number of likely N-dealkylation sites (tertiary alicyclic amines) is 1. The first-order valence-corrected chi connectivity index (χ1v) is 10.4. The van der Waals surface area contributed by atoms with Gasteiger partial charge in [0.15, 0.2) is 0 Å². The number of hydrazone groups is 1. The van der Waals surface area contributed by atoms with Gasteiger partial charge in [0.2, 0.25) is 0 Å². The molecule has 0 saturated carbocycles. The molecule has 0 aromatic heterocycles. The van der Waals surface area contributed by atoms with Gasteiger partial charge in [0, 0.05) is 17.5 Å². The molecule has 29 heavy (non-hydrogen) atoms. The van der Waals surface area contributed by atoms with Crippen LogP contribution in [0.1, 0.15) is 47.6 Å². The lowest BCUT2D eigenvalue weighted by atomic mass is 9.94. The Labute approximate surface area is 173 Å². The Balaban J connectivity index is 1.69. The summed E-state index contributed by atoms with van der Waals surface area (Å²) in [5, 5.41) is 6.56. The van der Waals surface area contributed by atoms with E-state index in [1.165, 1.54) is 24.0 Å². The molecule has 2 aromatic rings. The number of hydrogen-bond acceptors (Lipinski definition) is 4. The van der Waals surface area contributed by atoms with Crippen LogP contribution in [0.25, 0.3) is 0 Å². The lowest BCUT2D eigenvalue weighted by Crippen LogP contribution is -2.37. The lowest BCUT2D eigenvalue weighted by Gasteiger charge is -2.25. The number of benzene rings is 2. The zero-order valence-electron chi connectivity index (χ0n) is 17.5. The molecule has 2 aliphatic heterocycles. The van der Waals surface area contributed by atoms with Gasteiger partial charge in [-0.2, -0.15) is 5.10 Å². The largest absolute Gasteiger partial charge is 0.496 e. The molecule has 2 aromatic carbocycles. The van der Waals surface area contributed by atoms with Gasteiger partial charge in [0.05, 0.1) is 25.4 Å². The van der Waals surface area contributed by atoms with Crippen LogP contribution >= 0.6 is 0 Å². The SMILES string of the molecule is COc1ccccc1C1CC(c2cc(C)ccc2C)=NN1C(=O)CN1CCCC1. The van der Waals surface area contributed by atoms with Gasteiger partial charge in [0.1, 0.15) is 5.75 Å². The number of rotatable bonds is 5. The zero-order valence-corrected chi connectivity index (χ0v) is 17.5. The van der Waals surface area contributed by atoms with Crippen molar-refractivity contribution in [3.8, 4) is 5.75 Å². The minimum Gasteiger partial charge on any atom is -0.496 e. The molecule has 2 heterocycles. The van der Waals surface area contributed by atoms with Crippen LogP contribution in [0.2, 0.25) is 0 Å². The molecule has 0 spiro atoms. The predicted molar refractivity (Wildman–Crippen MR) is 115 cm³/mol. The number of carbonyl (C=O) groups is 1. The van der Waals surface area contributed by atoms with Crippen molar-refractivity contribution < 1.29 is 9.53 Å². The van der Waals surface area contributed by atoms with Crippen LogP contribution in [0.3, 0.4) is 0 Å². The Bertz CT molecular complexity index is 931. The van der Waals surface area contributed by atoms with Gasteiger partial charge in [0.25, 0.3) is 5.91 Å². The van der Waals surface area contributed by atoms with E-state index in [4.69, 9.17) is 9.84 Å². The molecular formula is C24H29N3O2. The quantitative estimate of drug-likeness (QED) is 0.771. The second-order valence-electron chi connectivity index (χ2n) is 8.05. The summed E-state index contributed by atoms with van der Waals surface area (Å²) in [6, 6.07) is 14.2. The first-order chi connectivity index (χ1) is 14.1. The molecule has 1 saturated heterocycles. The molecule has 0 radical (unpaired) electrons. The van der Waals surface area contributed by atoms with E-state index in [-0.39, 0.29) is 11.9 Å². The Morgan fingerprint density at radius 2 is 1.90 bits per heavy atom. The van der Waals surface area contributed by atoms with Crippen molar-refractivity contribution in [3.63, 3.8) is 0 Å². The maximum atomic E-state index is 13.2. The van der Waals surface area contributed by atoms with Gasteiger partial charge in [-0.3, -0.25) is 9.69 Å². The van der Waals surface area contributed by atoms with Crippen molar-refractivity contribution in [2.75, 3.05) is 26.7 Å². The average molecular weight is 392 g/mol. The van der Waals surface area contributed by atoms with Crippen LogP contribution in [0.5, 0.6) is 5.75 Å². The highest BCUT2D eigenvalue weighted by atomic mass is 16.5. The zero-order chi connectivity index (χ0) is 20.4. The van der Waals surface area contributed by atoms with Gasteiger partial charge in [-0.05, 0) is 57.5 Å². The second-order valence-corrected chi connectivity index (χ2v) is 8.05. The van der Waals surface area contributed by atoms with Crippen molar-refractivity contribution in [2.45, 2.75) is 39.2 Å². The summed E-state index contributed by atoms with van der Waals surface area (Å²) >= 11 is 0. The third-order valence-electron chi connectivity index (χ3n) is 5.93. The molecule has 1 amide bonds. The summed E-state index contributed by atoms with van der Waals surface area (Å²) in [5.41, 5.74) is 5.48. The number of hydrogen-bond donors (Lipinski definition) is 0. The number of aryl methyl sites for hydroxylation is 2. The molecular weight excluding hydrogens is 362 g/mol. The van der Waals surface area contributed by atoms with Crippen molar-refractivity contribution >= 4 is 11.6 Å². The number of para-hydroxylation sites is 1. The summed E-state index contributed by atoms with van der Waals surface area (Å²) < 4.78 is 5.60. The highest BCUT2D eigenvalue weighted by Crippen LogP contribution is 2.38. The fraction of sp³-hybridized carbons (Fsp3) is 0.417. The van der Waals surface area contributed by atoms with E-state index in [2.05, 4.69) is 36.9 Å². The number of amides is 1. The summed E-state index contributed by atoms with van der Waals surface area (Å²) in [5.74, 6) is 0.858. The van der Waals surface area contributed by atoms with Gasteiger partial charge in [-0.1, -0.05) is 35.9 Å². The number of methoxy groups -OCH3 is 1. The normalized spacial score (nSPS) is 19.5. The van der Waals surface area contributed by atoms with Gasteiger partial charge in [-0.15, -0.1) is 0 Å². The second kappa shape index (κ2) is 8.37. The fourth-order valence-electron chi connectivity index (χ4n) is 4.34. The van der Waals surface area contributed by atoms with E-state index in [0.29, 0.717) is 13.0 Å². The summed E-state index contributed by atoms with van der Waals surface area (Å²) in [6.45, 7) is 6.60. The first kappa shape index (κ1) is 19.6. The fourth-order valence-corrected chi connectivity index (χ4v) is 4.34. The van der Waals surface area contributed by atoms with E-state index in [9.17, 15) is 4.79 Å². The first-order valence-electron chi connectivity index (χ1n) is 10.4. The minimum absolute atomic E-state index is 0.0584. The van der Waals surface area contributed by atoms with E-state index >= 15 is 0 Å². The molecule has 0 aliphatic carbocycles. The third-order valence-corrected chi connectivity index (χ3v) is 5.93. The number of ether oxygens (including phenoxy) is 1. The topological polar surface area (TPSA) is 45.1 Å². The third kappa shape index (κ3) is 4.06. The smallest absolute Gasteiger partial charge is 0.257 e. The highest BCUT2D eigenvalue weighted by molar-refractivity contribution is 6.04. The lowest BCUT2D eigenvalue weighted by molar-refractivity contribution is -0.134. The van der Waals surface area contributed by atoms with Crippen LogP contribution in [-0.4, -0.2) is 48.3 Å². The molecule has 1 fully saturated rings. The van der Waals surface area contributed by atoms with Gasteiger partial charge >= 0.3 is 0 Å². The van der Waals surface area contributed by atoms with Crippen molar-refractivity contribution in [1.82, 2.24) is 9.91 Å². The Morgan fingerprint density at radius 3 is 2.66 bits per heavy atom. The van der Waals surface area contributed by atoms with E-state index in [1.54, 1.807) is 12.1 Å². The van der Waals surface area contributed by atoms with Crippen LogP contribution in [0.15, 0.2) is 47.6 Å². The maximum absolute atomic E-state index is 13.2. The summed E-state index contributed by atoms with van der Waals surface area (Å²) in [7, 11) is 1.68. The Kier molecular flexibility index (Phi) is 5.67. The molecule has 1 atom stereocenters. The molecule has 1 unspecified atom stereocenters. The molecule has 5 nitrogen and oxygen atoms in total. The summed E-state index contributed by atoms with van der Waals surface area (Å²) in [6.07, 6.45) is 3.02. The molecule has 4 rings (SSSR count). The van der Waals surface area contributed by atoms with Crippen molar-refractivity contribution in [1.29, 1.82) is 0 Å². The predicted octanol–water partition coefficient (Wildman–Crippen LogP) is 4.09.